The number of rotatable bonds is 3. The zero-order valence-electron chi connectivity index (χ0n) is 15.9. The Balaban J connectivity index is 0.00000144. The van der Waals surface area contributed by atoms with Crippen LogP contribution in [0.15, 0.2) is 41.0 Å². The summed E-state index contributed by atoms with van der Waals surface area (Å²) < 4.78 is 7.73. The van der Waals surface area contributed by atoms with Crippen LogP contribution in [0.1, 0.15) is 72.6 Å². The van der Waals surface area contributed by atoms with Crippen LogP contribution in [0.2, 0.25) is 8.26 Å². The van der Waals surface area contributed by atoms with Gasteiger partial charge in [0.05, 0.1) is 0 Å². The molecule has 0 unspecified atom stereocenters. The fourth-order valence-electron chi connectivity index (χ4n) is 5.39. The van der Waals surface area contributed by atoms with Crippen LogP contribution >= 0.6 is 0 Å². The van der Waals surface area contributed by atoms with Crippen molar-refractivity contribution in [3.8, 4) is 0 Å². The Morgan fingerprint density at radius 1 is 0.750 bits per heavy atom. The molecule has 0 aliphatic heterocycles. The Labute approximate surface area is 166 Å². The van der Waals surface area contributed by atoms with Crippen molar-refractivity contribution >= 4 is 0 Å². The molecule has 3 aliphatic carbocycles. The summed E-state index contributed by atoms with van der Waals surface area (Å²) in [6, 6.07) is 0. The van der Waals surface area contributed by atoms with Crippen molar-refractivity contribution in [2.45, 2.75) is 80.9 Å². The maximum Gasteiger partial charge on any atom is -1.00 e. The van der Waals surface area contributed by atoms with Gasteiger partial charge in [-0.3, -0.25) is 0 Å². The molecule has 0 aromatic carbocycles. The van der Waals surface area contributed by atoms with Crippen molar-refractivity contribution in [2.24, 2.45) is 0 Å². The number of hydrogen-bond donors (Lipinski definition) is 0. The fourth-order valence-corrected chi connectivity index (χ4v) is 20.1. The largest absolute Gasteiger partial charge is 1.00 e. The van der Waals surface area contributed by atoms with Crippen LogP contribution in [0.25, 0.3) is 0 Å². The van der Waals surface area contributed by atoms with Crippen LogP contribution in [0.5, 0.6) is 0 Å². The molecular formula is C21H32Cl2Zr. The number of hydrogen-bond acceptors (Lipinski definition) is 0. The summed E-state index contributed by atoms with van der Waals surface area (Å²) in [6.45, 7) is 9.47. The second-order valence-corrected chi connectivity index (χ2v) is 19.1. The molecule has 3 heteroatoms. The van der Waals surface area contributed by atoms with Gasteiger partial charge in [-0.05, 0) is 0 Å². The van der Waals surface area contributed by atoms with E-state index in [-0.39, 0.29) is 24.8 Å². The summed E-state index contributed by atoms with van der Waals surface area (Å²) in [4.78, 5) is 0. The Kier molecular flexibility index (Phi) is 8.31. The molecule has 134 valence electrons. The topological polar surface area (TPSA) is 0 Å². The maximum absolute atomic E-state index is 2.79. The van der Waals surface area contributed by atoms with Gasteiger partial charge in [-0.15, -0.1) is 0 Å². The van der Waals surface area contributed by atoms with Crippen LogP contribution < -0.4 is 24.8 Å². The first kappa shape index (κ1) is 22.5. The van der Waals surface area contributed by atoms with Crippen molar-refractivity contribution < 1.29 is 45.1 Å². The standard InChI is InChI=1S/2C7H9.C6H11.CH3.2ClH.Zr/c2*1-6-3-4-7(2)5-6;1-2-4-6-5-3-1;;;;/h2*5H,3H2,1-2H3;1H,2-6H2;1H3;2*1H;/q;;;;;;+2/p-2. The molecule has 0 nitrogen and oxygen atoms in total. The van der Waals surface area contributed by atoms with Crippen molar-refractivity contribution in [3.05, 3.63) is 41.0 Å². The minimum Gasteiger partial charge on any atom is -1.00 e. The van der Waals surface area contributed by atoms with E-state index >= 15 is 0 Å². The van der Waals surface area contributed by atoms with Crippen LogP contribution in [-0.4, -0.2) is 0 Å². The van der Waals surface area contributed by atoms with Gasteiger partial charge in [0, 0.05) is 0 Å². The third kappa shape index (κ3) is 4.05. The molecule has 0 N–H and O–H groups in total. The molecule has 0 amide bonds. The smallest absolute Gasteiger partial charge is 1.00 e. The third-order valence-electron chi connectivity index (χ3n) is 6.46. The molecular weight excluding hydrogens is 414 g/mol. The van der Waals surface area contributed by atoms with E-state index < -0.39 is 20.3 Å². The molecule has 0 aromatic heterocycles. The van der Waals surface area contributed by atoms with E-state index in [4.69, 9.17) is 0 Å². The summed E-state index contributed by atoms with van der Waals surface area (Å²) in [5, 5.41) is 0. The molecule has 3 aliphatic rings. The third-order valence-corrected chi connectivity index (χ3v) is 20.9. The summed E-state index contributed by atoms with van der Waals surface area (Å²) in [6.07, 6.45) is 15.0. The first-order valence-electron chi connectivity index (χ1n) is 9.17. The van der Waals surface area contributed by atoms with Gasteiger partial charge in [0.2, 0.25) is 0 Å². The zero-order valence-corrected chi connectivity index (χ0v) is 19.9. The number of allylic oxidation sites excluding steroid dienone is 8. The fraction of sp³-hybridized carbons (Fsp3) is 0.619. The van der Waals surface area contributed by atoms with E-state index in [1.54, 1.807) is 22.3 Å². The van der Waals surface area contributed by atoms with Gasteiger partial charge < -0.3 is 24.8 Å². The predicted octanol–water partition coefficient (Wildman–Crippen LogP) is 1.20. The van der Waals surface area contributed by atoms with E-state index in [2.05, 4.69) is 44.5 Å². The second kappa shape index (κ2) is 8.88. The summed E-state index contributed by atoms with van der Waals surface area (Å²) in [5.41, 5.74) is 6.50. The van der Waals surface area contributed by atoms with E-state index in [0.29, 0.717) is 0 Å². The van der Waals surface area contributed by atoms with Gasteiger partial charge in [0.25, 0.3) is 0 Å². The van der Waals surface area contributed by atoms with Crippen molar-refractivity contribution in [3.63, 3.8) is 0 Å². The maximum atomic E-state index is 2.79. The predicted molar refractivity (Wildman–Crippen MR) is 94.8 cm³/mol. The molecule has 0 radical (unpaired) electrons. The summed E-state index contributed by atoms with van der Waals surface area (Å²) in [7, 11) is 0. The average molecular weight is 447 g/mol. The molecule has 0 heterocycles. The van der Waals surface area contributed by atoms with Gasteiger partial charge in [0.1, 0.15) is 0 Å². The van der Waals surface area contributed by atoms with E-state index in [0.717, 1.165) is 3.63 Å². The van der Waals surface area contributed by atoms with Crippen LogP contribution in [-0.2, 0) is 20.3 Å². The average Bonchev–Trinajstić information content (AvgIpc) is 3.01. The van der Waals surface area contributed by atoms with Gasteiger partial charge in [0.15, 0.2) is 0 Å². The van der Waals surface area contributed by atoms with E-state index in [1.807, 2.05) is 6.56 Å². The van der Waals surface area contributed by atoms with Gasteiger partial charge >= 0.3 is 142 Å². The Bertz CT molecular complexity index is 559. The first-order chi connectivity index (χ1) is 10.4. The van der Waals surface area contributed by atoms with Crippen LogP contribution in [0.3, 0.4) is 0 Å². The van der Waals surface area contributed by atoms with Crippen molar-refractivity contribution in [2.75, 3.05) is 0 Å². The summed E-state index contributed by atoms with van der Waals surface area (Å²) >= 11 is -2.47. The molecule has 0 saturated heterocycles. The first-order valence-corrected chi connectivity index (χ1v) is 15.5. The zero-order chi connectivity index (χ0) is 15.9. The molecule has 0 atom stereocenters. The molecule has 1 fully saturated rings. The molecule has 0 bridgehead atoms. The molecule has 24 heavy (non-hydrogen) atoms. The van der Waals surface area contributed by atoms with Crippen molar-refractivity contribution in [1.29, 1.82) is 0 Å². The molecule has 0 aromatic rings. The SMILES string of the molecule is CC1=CC(C)=[C]([Zr+2]([CH3])([C]2=C(C)C=C(C)C2)[CH]2CCCCC2)C1.[Cl-].[Cl-]. The quantitative estimate of drug-likeness (QED) is 0.611. The van der Waals surface area contributed by atoms with Gasteiger partial charge in [-0.25, -0.2) is 0 Å². The van der Waals surface area contributed by atoms with Crippen LogP contribution in [0.4, 0.5) is 0 Å². The summed E-state index contributed by atoms with van der Waals surface area (Å²) in [5.74, 6) is 0. The van der Waals surface area contributed by atoms with Crippen molar-refractivity contribution in [1.82, 2.24) is 0 Å². The second-order valence-electron chi connectivity index (χ2n) is 8.20. The minimum atomic E-state index is -2.47. The van der Waals surface area contributed by atoms with E-state index in [1.165, 1.54) is 44.9 Å². The van der Waals surface area contributed by atoms with Gasteiger partial charge in [-0.1, -0.05) is 0 Å². The monoisotopic (exact) mass is 444 g/mol. The normalized spacial score (nSPS) is 21.5. The Morgan fingerprint density at radius 2 is 1.17 bits per heavy atom. The molecule has 0 spiro atoms. The number of halogens is 2. The van der Waals surface area contributed by atoms with Crippen LogP contribution in [0, 0.1) is 0 Å². The van der Waals surface area contributed by atoms with Gasteiger partial charge in [-0.2, -0.15) is 0 Å². The Morgan fingerprint density at radius 3 is 1.50 bits per heavy atom. The molecule has 1 saturated carbocycles. The Hall–Kier alpha value is 0.423. The minimum absolute atomic E-state index is 0. The molecule has 3 rings (SSSR count). The van der Waals surface area contributed by atoms with E-state index in [9.17, 15) is 0 Å².